The van der Waals surface area contributed by atoms with E-state index in [4.69, 9.17) is 5.73 Å². The molecule has 3 heteroatoms. The molecular formula is C14H20N2S. The summed E-state index contributed by atoms with van der Waals surface area (Å²) < 4.78 is 0. The molecule has 0 atom stereocenters. The summed E-state index contributed by atoms with van der Waals surface area (Å²) in [5.74, 6) is 1.27. The average molecular weight is 248 g/mol. The minimum atomic E-state index is 0.0966. The summed E-state index contributed by atoms with van der Waals surface area (Å²) in [4.78, 5) is 3.79. The van der Waals surface area contributed by atoms with Crippen molar-refractivity contribution in [1.29, 1.82) is 0 Å². The van der Waals surface area contributed by atoms with Crippen LogP contribution in [0.15, 0.2) is 23.1 Å². The topological polar surface area (TPSA) is 29.3 Å². The van der Waals surface area contributed by atoms with Crippen LogP contribution in [0.3, 0.4) is 0 Å². The minimum absolute atomic E-state index is 0.0966. The zero-order valence-electron chi connectivity index (χ0n) is 10.4. The van der Waals surface area contributed by atoms with Gasteiger partial charge in [-0.05, 0) is 55.2 Å². The number of fused-ring (bicyclic) bond motifs is 1. The van der Waals surface area contributed by atoms with E-state index in [0.717, 1.165) is 6.54 Å². The van der Waals surface area contributed by atoms with Gasteiger partial charge in [-0.2, -0.15) is 0 Å². The van der Waals surface area contributed by atoms with Gasteiger partial charge in [0.25, 0.3) is 0 Å². The first-order valence-corrected chi connectivity index (χ1v) is 7.41. The first-order valence-electron chi connectivity index (χ1n) is 6.42. The van der Waals surface area contributed by atoms with Crippen LogP contribution in [0.5, 0.6) is 0 Å². The lowest BCUT2D eigenvalue weighted by Crippen LogP contribution is -2.37. The molecule has 2 aliphatic rings. The summed E-state index contributed by atoms with van der Waals surface area (Å²) in [6.07, 6.45) is 4.90. The molecule has 0 bridgehead atoms. The van der Waals surface area contributed by atoms with Crippen LogP contribution in [0.1, 0.15) is 24.8 Å². The average Bonchev–Trinajstić information content (AvgIpc) is 3.06. The number of likely N-dealkylation sites (N-methyl/N-ethyl adjacent to an activating group) is 1. The molecule has 2 nitrogen and oxygen atoms in total. The number of benzene rings is 1. The van der Waals surface area contributed by atoms with Gasteiger partial charge in [-0.15, -0.1) is 11.8 Å². The second-order valence-corrected chi connectivity index (χ2v) is 6.60. The highest BCUT2D eigenvalue weighted by Crippen LogP contribution is 2.36. The summed E-state index contributed by atoms with van der Waals surface area (Å²) in [5.41, 5.74) is 9.12. The summed E-state index contributed by atoms with van der Waals surface area (Å²) in [7, 11) is 2.16. The van der Waals surface area contributed by atoms with Crippen molar-refractivity contribution >= 4 is 17.4 Å². The fourth-order valence-electron chi connectivity index (χ4n) is 2.47. The van der Waals surface area contributed by atoms with E-state index in [-0.39, 0.29) is 5.54 Å². The van der Waals surface area contributed by atoms with Crippen molar-refractivity contribution in [1.82, 2.24) is 0 Å². The van der Waals surface area contributed by atoms with Gasteiger partial charge in [0.05, 0.1) is 0 Å². The Morgan fingerprint density at radius 1 is 1.41 bits per heavy atom. The molecule has 0 spiro atoms. The van der Waals surface area contributed by atoms with Crippen LogP contribution in [0.2, 0.25) is 0 Å². The Kier molecular flexibility index (Phi) is 2.83. The molecule has 0 unspecified atom stereocenters. The highest BCUT2D eigenvalue weighted by molar-refractivity contribution is 7.99. The van der Waals surface area contributed by atoms with Gasteiger partial charge in [0.1, 0.15) is 0 Å². The predicted molar refractivity (Wildman–Crippen MR) is 74.9 cm³/mol. The van der Waals surface area contributed by atoms with Crippen LogP contribution >= 0.6 is 11.8 Å². The standard InChI is InChI=1S/C14H20N2S/c1-16(10-14(15)6-7-14)12-4-5-13-11(9-12)3-2-8-17-13/h4-5,9H,2-3,6-8,10,15H2,1H3. The highest BCUT2D eigenvalue weighted by Gasteiger charge is 2.39. The molecule has 17 heavy (non-hydrogen) atoms. The number of hydrogen-bond donors (Lipinski definition) is 1. The smallest absolute Gasteiger partial charge is 0.0367 e. The Balaban J connectivity index is 1.78. The molecule has 1 aromatic carbocycles. The van der Waals surface area contributed by atoms with E-state index >= 15 is 0 Å². The number of nitrogens with zero attached hydrogens (tertiary/aromatic N) is 1. The third kappa shape index (κ3) is 2.45. The Bertz CT molecular complexity index is 426. The molecule has 92 valence electrons. The van der Waals surface area contributed by atoms with E-state index in [1.54, 1.807) is 0 Å². The summed E-state index contributed by atoms with van der Waals surface area (Å²) >= 11 is 1.99. The van der Waals surface area contributed by atoms with Gasteiger partial charge in [-0.1, -0.05) is 0 Å². The minimum Gasteiger partial charge on any atom is -0.373 e. The normalized spacial score (nSPS) is 20.8. The lowest BCUT2D eigenvalue weighted by Gasteiger charge is -2.25. The SMILES string of the molecule is CN(CC1(N)CC1)c1ccc2c(c1)CCCS2. The van der Waals surface area contributed by atoms with Gasteiger partial charge in [-0.25, -0.2) is 0 Å². The fraction of sp³-hybridized carbons (Fsp3) is 0.571. The van der Waals surface area contributed by atoms with Gasteiger partial charge >= 0.3 is 0 Å². The third-order valence-electron chi connectivity index (χ3n) is 3.78. The molecule has 0 amide bonds. The van der Waals surface area contributed by atoms with Crippen molar-refractivity contribution in [3.05, 3.63) is 23.8 Å². The quantitative estimate of drug-likeness (QED) is 0.891. The summed E-state index contributed by atoms with van der Waals surface area (Å²) in [5, 5.41) is 0. The Hall–Kier alpha value is -0.670. The first-order chi connectivity index (χ1) is 8.16. The van der Waals surface area contributed by atoms with Crippen LogP contribution in [0, 0.1) is 0 Å². The maximum absolute atomic E-state index is 6.18. The van der Waals surface area contributed by atoms with Crippen LogP contribution < -0.4 is 10.6 Å². The first kappa shape index (κ1) is 11.4. The van der Waals surface area contributed by atoms with Gasteiger partial charge in [0.2, 0.25) is 0 Å². The number of rotatable bonds is 3. The Morgan fingerprint density at radius 3 is 3.00 bits per heavy atom. The van der Waals surface area contributed by atoms with E-state index in [1.165, 1.54) is 47.6 Å². The molecule has 0 aromatic heterocycles. The molecule has 3 rings (SSSR count). The van der Waals surface area contributed by atoms with Crippen molar-refractivity contribution in [3.8, 4) is 0 Å². The zero-order chi connectivity index (χ0) is 11.9. The zero-order valence-corrected chi connectivity index (χ0v) is 11.2. The number of anilines is 1. The second-order valence-electron chi connectivity index (χ2n) is 5.46. The number of aryl methyl sites for hydroxylation is 1. The molecule has 0 radical (unpaired) electrons. The number of nitrogens with two attached hydrogens (primary N) is 1. The van der Waals surface area contributed by atoms with E-state index in [2.05, 4.69) is 30.1 Å². The fourth-order valence-corrected chi connectivity index (χ4v) is 3.49. The Labute approximate surface area is 108 Å². The third-order valence-corrected chi connectivity index (χ3v) is 4.98. The molecule has 1 fully saturated rings. The lowest BCUT2D eigenvalue weighted by molar-refractivity contribution is 0.660. The molecule has 0 saturated heterocycles. The van der Waals surface area contributed by atoms with Crippen LogP contribution in [-0.2, 0) is 6.42 Å². The summed E-state index contributed by atoms with van der Waals surface area (Å²) in [6, 6.07) is 6.87. The van der Waals surface area contributed by atoms with Crippen molar-refractivity contribution in [2.45, 2.75) is 36.1 Å². The van der Waals surface area contributed by atoms with Gasteiger partial charge in [0.15, 0.2) is 0 Å². The van der Waals surface area contributed by atoms with Gasteiger partial charge in [0, 0.05) is 29.7 Å². The maximum atomic E-state index is 6.18. The van der Waals surface area contributed by atoms with Crippen molar-refractivity contribution < 1.29 is 0 Å². The molecule has 2 N–H and O–H groups in total. The van der Waals surface area contributed by atoms with E-state index in [0.29, 0.717) is 0 Å². The molecule has 1 aromatic rings. The second kappa shape index (κ2) is 4.21. The Morgan fingerprint density at radius 2 is 2.24 bits per heavy atom. The largest absolute Gasteiger partial charge is 0.373 e. The van der Waals surface area contributed by atoms with Crippen molar-refractivity contribution in [2.75, 3.05) is 24.2 Å². The molecule has 1 heterocycles. The number of thioether (sulfide) groups is 1. The monoisotopic (exact) mass is 248 g/mol. The maximum Gasteiger partial charge on any atom is 0.0367 e. The van der Waals surface area contributed by atoms with Crippen molar-refractivity contribution in [2.24, 2.45) is 5.73 Å². The number of hydrogen-bond acceptors (Lipinski definition) is 3. The van der Waals surface area contributed by atoms with Crippen molar-refractivity contribution in [3.63, 3.8) is 0 Å². The summed E-state index contributed by atoms with van der Waals surface area (Å²) in [6.45, 7) is 0.985. The van der Waals surface area contributed by atoms with E-state index in [1.807, 2.05) is 11.8 Å². The molecule has 1 aliphatic heterocycles. The highest BCUT2D eigenvalue weighted by atomic mass is 32.2. The molecule has 1 aliphatic carbocycles. The molecule has 1 saturated carbocycles. The molecular weight excluding hydrogens is 228 g/mol. The van der Waals surface area contributed by atoms with Gasteiger partial charge in [-0.3, -0.25) is 0 Å². The lowest BCUT2D eigenvalue weighted by atomic mass is 10.1. The van der Waals surface area contributed by atoms with Gasteiger partial charge < -0.3 is 10.6 Å². The van der Waals surface area contributed by atoms with Crippen LogP contribution in [0.25, 0.3) is 0 Å². The van der Waals surface area contributed by atoms with E-state index in [9.17, 15) is 0 Å². The van der Waals surface area contributed by atoms with Crippen LogP contribution in [0.4, 0.5) is 5.69 Å². The van der Waals surface area contributed by atoms with E-state index < -0.39 is 0 Å². The predicted octanol–water partition coefficient (Wildman–Crippen LogP) is 2.65. The van der Waals surface area contributed by atoms with Crippen LogP contribution in [-0.4, -0.2) is 24.9 Å².